The molecule has 0 saturated carbocycles. The second kappa shape index (κ2) is 14.5. The Labute approximate surface area is 164 Å². The van der Waals surface area contributed by atoms with Crippen LogP contribution in [0.25, 0.3) is 0 Å². The molecule has 0 aliphatic rings. The fraction of sp³-hybridized carbons (Fsp3) is 0.611. The van der Waals surface area contributed by atoms with E-state index in [0.717, 1.165) is 44.1 Å². The van der Waals surface area contributed by atoms with Crippen LogP contribution in [0, 0.1) is 0 Å². The highest BCUT2D eigenvalue weighted by Crippen LogP contribution is 2.13. The Morgan fingerprint density at radius 2 is 1.83 bits per heavy atom. The SMILES string of the molecule is CCN(CC)CCCNC(=NC)NCC(CO)c1ccccc1.I. The molecule has 0 radical (unpaired) electrons. The fourth-order valence-electron chi connectivity index (χ4n) is 2.50. The third-order valence-electron chi connectivity index (χ3n) is 4.07. The first-order chi connectivity index (χ1) is 11.2. The van der Waals surface area contributed by atoms with Crippen LogP contribution in [-0.4, -0.2) is 62.3 Å². The molecule has 0 bridgehead atoms. The van der Waals surface area contributed by atoms with E-state index < -0.39 is 0 Å². The topological polar surface area (TPSA) is 59.9 Å². The van der Waals surface area contributed by atoms with Crippen molar-refractivity contribution in [3.05, 3.63) is 35.9 Å². The van der Waals surface area contributed by atoms with Gasteiger partial charge in [0.25, 0.3) is 0 Å². The van der Waals surface area contributed by atoms with Crippen molar-refractivity contribution in [2.24, 2.45) is 4.99 Å². The number of benzene rings is 1. The van der Waals surface area contributed by atoms with E-state index >= 15 is 0 Å². The molecule has 0 amide bonds. The van der Waals surface area contributed by atoms with Crippen molar-refractivity contribution >= 4 is 29.9 Å². The van der Waals surface area contributed by atoms with Crippen LogP contribution < -0.4 is 10.6 Å². The highest BCUT2D eigenvalue weighted by Gasteiger charge is 2.10. The predicted molar refractivity (Wildman–Crippen MR) is 113 cm³/mol. The molecule has 0 aliphatic heterocycles. The van der Waals surface area contributed by atoms with Crippen LogP contribution in [0.15, 0.2) is 35.3 Å². The number of nitrogens with zero attached hydrogens (tertiary/aromatic N) is 2. The zero-order valence-corrected chi connectivity index (χ0v) is 17.5. The summed E-state index contributed by atoms with van der Waals surface area (Å²) in [4.78, 5) is 6.66. The summed E-state index contributed by atoms with van der Waals surface area (Å²) in [5.74, 6) is 0.865. The van der Waals surface area contributed by atoms with Gasteiger partial charge < -0.3 is 20.6 Å². The van der Waals surface area contributed by atoms with Crippen LogP contribution >= 0.6 is 24.0 Å². The third kappa shape index (κ3) is 8.84. The molecule has 1 unspecified atom stereocenters. The number of aliphatic hydroxyl groups excluding tert-OH is 1. The Morgan fingerprint density at radius 3 is 2.38 bits per heavy atom. The summed E-state index contributed by atoms with van der Waals surface area (Å²) in [6.45, 7) is 9.35. The lowest BCUT2D eigenvalue weighted by Gasteiger charge is -2.20. The van der Waals surface area contributed by atoms with E-state index in [0.29, 0.717) is 6.54 Å². The molecule has 0 aromatic heterocycles. The highest BCUT2D eigenvalue weighted by molar-refractivity contribution is 14.0. The molecule has 0 fully saturated rings. The van der Waals surface area contributed by atoms with Crippen LogP contribution in [0.1, 0.15) is 31.7 Å². The molecule has 1 atom stereocenters. The van der Waals surface area contributed by atoms with Gasteiger partial charge in [0.2, 0.25) is 0 Å². The van der Waals surface area contributed by atoms with Crippen LogP contribution in [0.3, 0.4) is 0 Å². The van der Waals surface area contributed by atoms with E-state index in [4.69, 9.17) is 0 Å². The monoisotopic (exact) mass is 448 g/mol. The predicted octanol–water partition coefficient (Wildman–Crippen LogP) is 2.28. The summed E-state index contributed by atoms with van der Waals surface area (Å²) < 4.78 is 0. The van der Waals surface area contributed by atoms with E-state index in [1.54, 1.807) is 7.05 Å². The minimum Gasteiger partial charge on any atom is -0.396 e. The maximum absolute atomic E-state index is 9.59. The van der Waals surface area contributed by atoms with Crippen molar-refractivity contribution in [1.82, 2.24) is 15.5 Å². The quantitative estimate of drug-likeness (QED) is 0.223. The third-order valence-corrected chi connectivity index (χ3v) is 4.07. The van der Waals surface area contributed by atoms with Gasteiger partial charge in [-0.05, 0) is 31.6 Å². The van der Waals surface area contributed by atoms with E-state index in [9.17, 15) is 5.11 Å². The Bertz CT molecular complexity index is 438. The average Bonchev–Trinajstić information content (AvgIpc) is 2.61. The lowest BCUT2D eigenvalue weighted by Crippen LogP contribution is -2.41. The maximum atomic E-state index is 9.59. The van der Waals surface area contributed by atoms with Gasteiger partial charge in [-0.1, -0.05) is 44.2 Å². The maximum Gasteiger partial charge on any atom is 0.191 e. The van der Waals surface area contributed by atoms with Crippen molar-refractivity contribution in [3.8, 4) is 0 Å². The Hall–Kier alpha value is -0.860. The number of aliphatic hydroxyl groups is 1. The molecule has 1 rings (SSSR count). The number of nitrogens with one attached hydrogen (secondary N) is 2. The molecule has 0 aliphatic carbocycles. The number of halogens is 1. The van der Waals surface area contributed by atoms with E-state index in [1.165, 1.54) is 0 Å². The van der Waals surface area contributed by atoms with Gasteiger partial charge in [-0.2, -0.15) is 0 Å². The summed E-state index contributed by atoms with van der Waals surface area (Å²) >= 11 is 0. The fourth-order valence-corrected chi connectivity index (χ4v) is 2.50. The smallest absolute Gasteiger partial charge is 0.191 e. The molecule has 1 aromatic carbocycles. The van der Waals surface area contributed by atoms with Crippen LogP contribution in [-0.2, 0) is 0 Å². The van der Waals surface area contributed by atoms with E-state index in [2.05, 4.69) is 34.4 Å². The van der Waals surface area contributed by atoms with Gasteiger partial charge in [0.1, 0.15) is 0 Å². The van der Waals surface area contributed by atoms with E-state index in [1.807, 2.05) is 30.3 Å². The number of rotatable bonds is 10. The Balaban J connectivity index is 0.00000529. The number of aliphatic imine (C=N–C) groups is 1. The highest BCUT2D eigenvalue weighted by atomic mass is 127. The molecular formula is C18H33IN4O. The molecule has 3 N–H and O–H groups in total. The van der Waals surface area contributed by atoms with Gasteiger partial charge in [-0.3, -0.25) is 4.99 Å². The molecule has 0 spiro atoms. The summed E-state index contributed by atoms with van der Waals surface area (Å²) in [7, 11) is 1.77. The van der Waals surface area contributed by atoms with Gasteiger partial charge in [0.15, 0.2) is 5.96 Å². The average molecular weight is 448 g/mol. The molecule has 5 nitrogen and oxygen atoms in total. The molecule has 138 valence electrons. The van der Waals surface area contributed by atoms with Gasteiger partial charge in [0.05, 0.1) is 6.61 Å². The van der Waals surface area contributed by atoms with Gasteiger partial charge in [-0.25, -0.2) is 0 Å². The normalized spacial score (nSPS) is 12.6. The first kappa shape index (κ1) is 23.1. The first-order valence-corrected chi connectivity index (χ1v) is 8.57. The van der Waals surface area contributed by atoms with Crippen LogP contribution in [0.4, 0.5) is 0 Å². The van der Waals surface area contributed by atoms with Crippen LogP contribution in [0.2, 0.25) is 0 Å². The van der Waals surface area contributed by atoms with Crippen molar-refractivity contribution in [1.29, 1.82) is 0 Å². The second-order valence-electron chi connectivity index (χ2n) is 5.55. The van der Waals surface area contributed by atoms with Crippen molar-refractivity contribution in [2.75, 3.05) is 46.4 Å². The minimum absolute atomic E-state index is 0. The van der Waals surface area contributed by atoms with Gasteiger partial charge in [-0.15, -0.1) is 24.0 Å². The largest absolute Gasteiger partial charge is 0.396 e. The summed E-state index contributed by atoms with van der Waals surface area (Å²) in [5.41, 5.74) is 1.14. The molecule has 1 aromatic rings. The van der Waals surface area contributed by atoms with Crippen LogP contribution in [0.5, 0.6) is 0 Å². The zero-order valence-electron chi connectivity index (χ0n) is 15.2. The van der Waals surface area contributed by atoms with Gasteiger partial charge >= 0.3 is 0 Å². The van der Waals surface area contributed by atoms with E-state index in [-0.39, 0.29) is 36.5 Å². The minimum atomic E-state index is 0. The van der Waals surface area contributed by atoms with Gasteiger partial charge in [0, 0.05) is 26.1 Å². The molecule has 0 saturated heterocycles. The van der Waals surface area contributed by atoms with Crippen molar-refractivity contribution in [3.63, 3.8) is 0 Å². The second-order valence-corrected chi connectivity index (χ2v) is 5.55. The summed E-state index contributed by atoms with van der Waals surface area (Å²) in [6, 6.07) is 10.1. The molecule has 0 heterocycles. The molecule has 6 heteroatoms. The standard InChI is InChI=1S/C18H32N4O.HI/c1-4-22(5-2)13-9-12-20-18(19-3)21-14-17(15-23)16-10-7-6-8-11-16;/h6-8,10-11,17,23H,4-5,9,12-15H2,1-3H3,(H2,19,20,21);1H. The number of hydrogen-bond donors (Lipinski definition) is 3. The lowest BCUT2D eigenvalue weighted by molar-refractivity contribution is 0.265. The number of hydrogen-bond acceptors (Lipinski definition) is 3. The zero-order chi connectivity index (χ0) is 16.9. The summed E-state index contributed by atoms with van der Waals surface area (Å²) in [5, 5.41) is 16.2. The lowest BCUT2D eigenvalue weighted by atomic mass is 10.0. The van der Waals surface area contributed by atoms with Crippen molar-refractivity contribution < 1.29 is 5.11 Å². The van der Waals surface area contributed by atoms with Crippen molar-refractivity contribution in [2.45, 2.75) is 26.2 Å². The number of guanidine groups is 1. The Morgan fingerprint density at radius 1 is 1.17 bits per heavy atom. The molecule has 24 heavy (non-hydrogen) atoms. The summed E-state index contributed by atoms with van der Waals surface area (Å²) in [6.07, 6.45) is 1.09. The molecular weight excluding hydrogens is 415 g/mol. The Kier molecular flexibility index (Phi) is 14.0. The first-order valence-electron chi connectivity index (χ1n) is 8.57.